The third-order valence-electron chi connectivity index (χ3n) is 15.6. The van der Waals surface area contributed by atoms with Crippen molar-refractivity contribution in [3.63, 3.8) is 0 Å². The number of benzene rings is 6. The summed E-state index contributed by atoms with van der Waals surface area (Å²) < 4.78 is 18.3. The van der Waals surface area contributed by atoms with Gasteiger partial charge in [-0.15, -0.1) is 0 Å². The zero-order chi connectivity index (χ0) is 56.7. The van der Waals surface area contributed by atoms with Crippen LogP contribution in [0.1, 0.15) is 96.8 Å². The maximum absolute atomic E-state index is 6.09. The average Bonchev–Trinajstić information content (AvgIpc) is 4.35. The van der Waals surface area contributed by atoms with Crippen LogP contribution in [0.4, 0.5) is 17.1 Å². The van der Waals surface area contributed by atoms with Gasteiger partial charge in [-0.05, 0) is 149 Å². The molecule has 6 aromatic carbocycles. The molecule has 3 atom stereocenters. The molecule has 9 rings (SSSR count). The number of hydrogen-bond acceptors (Lipinski definition) is 9. The molecule has 0 aliphatic carbocycles. The van der Waals surface area contributed by atoms with Crippen LogP contribution in [-0.2, 0) is 33.8 Å². The van der Waals surface area contributed by atoms with Crippen molar-refractivity contribution in [3.8, 4) is 0 Å². The average molecular weight is 1100 g/mol. The first-order valence-corrected chi connectivity index (χ1v) is 31.1. The second kappa shape index (κ2) is 36.1. The van der Waals surface area contributed by atoms with Crippen molar-refractivity contribution in [2.24, 2.45) is 17.8 Å². The molecule has 0 amide bonds. The molecule has 0 N–H and O–H groups in total. The predicted octanol–water partition coefficient (Wildman–Crippen LogP) is 14.5. The Morgan fingerprint density at radius 3 is 0.716 bits per heavy atom. The van der Waals surface area contributed by atoms with Crippen molar-refractivity contribution in [1.82, 2.24) is 14.7 Å². The second-order valence-electron chi connectivity index (χ2n) is 24.1. The highest BCUT2D eigenvalue weighted by molar-refractivity contribution is 5.49. The number of rotatable bonds is 30. The van der Waals surface area contributed by atoms with E-state index in [4.69, 9.17) is 14.2 Å². The molecule has 3 unspecified atom stereocenters. The van der Waals surface area contributed by atoms with Gasteiger partial charge in [0.1, 0.15) is 0 Å². The van der Waals surface area contributed by atoms with Gasteiger partial charge in [-0.1, -0.05) is 187 Å². The highest BCUT2D eigenvalue weighted by Crippen LogP contribution is 2.25. The summed E-state index contributed by atoms with van der Waals surface area (Å²) in [4.78, 5) is 15.4. The molecule has 438 valence electrons. The van der Waals surface area contributed by atoms with Gasteiger partial charge >= 0.3 is 0 Å². The van der Waals surface area contributed by atoms with Crippen molar-refractivity contribution in [3.05, 3.63) is 199 Å². The van der Waals surface area contributed by atoms with Crippen LogP contribution in [0.5, 0.6) is 0 Å². The Balaban J connectivity index is 0.000000175. The minimum Gasteiger partial charge on any atom is -0.379 e. The lowest BCUT2D eigenvalue weighted by Gasteiger charge is -2.34. The van der Waals surface area contributed by atoms with E-state index in [1.807, 2.05) is 0 Å². The van der Waals surface area contributed by atoms with Crippen LogP contribution in [0.15, 0.2) is 182 Å². The highest BCUT2D eigenvalue weighted by Gasteiger charge is 2.28. The highest BCUT2D eigenvalue weighted by atomic mass is 16.5. The Morgan fingerprint density at radius 2 is 0.506 bits per heavy atom. The third kappa shape index (κ3) is 23.3. The monoisotopic (exact) mass is 1100 g/mol. The summed E-state index contributed by atoms with van der Waals surface area (Å²) in [5.41, 5.74) is 7.91. The zero-order valence-corrected chi connectivity index (χ0v) is 50.7. The van der Waals surface area contributed by atoms with Gasteiger partial charge < -0.3 is 28.9 Å². The van der Waals surface area contributed by atoms with E-state index < -0.39 is 0 Å². The van der Waals surface area contributed by atoms with Crippen molar-refractivity contribution in [2.45, 2.75) is 118 Å². The van der Waals surface area contributed by atoms with Crippen molar-refractivity contribution in [2.75, 3.05) is 113 Å². The molecular formula is C72H102N6O3. The second-order valence-corrected chi connectivity index (χ2v) is 24.1. The topological polar surface area (TPSA) is 47.1 Å². The SMILES string of the molecule is CC(C)COCC(CN(Cc1ccccc1)c1ccccc1)N1CCCC1.CC(C)COCC(CN(Cc1ccccc1)c1ccccc1)N1CCCC1.CC(C)COCC(CN(Cc1ccccc1)c1ccccc1)N1CCCC1. The molecule has 81 heavy (non-hydrogen) atoms. The molecule has 0 bridgehead atoms. The first kappa shape index (κ1) is 63.1. The van der Waals surface area contributed by atoms with Gasteiger partial charge in [0.25, 0.3) is 0 Å². The van der Waals surface area contributed by atoms with E-state index in [9.17, 15) is 0 Å². The van der Waals surface area contributed by atoms with E-state index in [-0.39, 0.29) is 0 Å². The summed E-state index contributed by atoms with van der Waals surface area (Å²) in [5.74, 6) is 1.75. The van der Waals surface area contributed by atoms with Crippen LogP contribution in [0.25, 0.3) is 0 Å². The maximum Gasteiger partial charge on any atom is 0.0639 e. The van der Waals surface area contributed by atoms with E-state index in [1.165, 1.54) is 112 Å². The molecule has 0 spiro atoms. The van der Waals surface area contributed by atoms with Gasteiger partial charge in [-0.25, -0.2) is 0 Å². The fraction of sp³-hybridized carbons (Fsp3) is 0.500. The molecule has 3 heterocycles. The minimum atomic E-state index is 0.440. The fourth-order valence-electron chi connectivity index (χ4n) is 11.3. The molecule has 3 aliphatic rings. The summed E-state index contributed by atoms with van der Waals surface area (Å²) in [6.07, 6.45) is 7.86. The molecular weight excluding hydrogens is 997 g/mol. The normalized spacial score (nSPS) is 16.0. The lowest BCUT2D eigenvalue weighted by atomic mass is 10.1. The molecule has 9 heteroatoms. The molecule has 3 fully saturated rings. The minimum absolute atomic E-state index is 0.440. The first-order chi connectivity index (χ1) is 39.7. The summed E-state index contributed by atoms with van der Waals surface area (Å²) in [6.45, 7) is 31.3. The van der Waals surface area contributed by atoms with Crippen LogP contribution >= 0.6 is 0 Å². The summed E-state index contributed by atoms with van der Waals surface area (Å²) >= 11 is 0. The number of likely N-dealkylation sites (tertiary alicyclic amines) is 3. The Kier molecular flexibility index (Phi) is 28.1. The van der Waals surface area contributed by atoms with E-state index in [0.29, 0.717) is 35.9 Å². The van der Waals surface area contributed by atoms with E-state index in [1.54, 1.807) is 0 Å². The van der Waals surface area contributed by atoms with E-state index >= 15 is 0 Å². The fourth-order valence-corrected chi connectivity index (χ4v) is 11.3. The van der Waals surface area contributed by atoms with Crippen molar-refractivity contribution < 1.29 is 14.2 Å². The van der Waals surface area contributed by atoms with Crippen LogP contribution in [0, 0.1) is 17.8 Å². The standard InChI is InChI=1S/3C24H34N2O/c3*1-21(2)19-27-20-24(25-15-9-10-16-25)18-26(23-13-7-4-8-14-23)17-22-11-5-3-6-12-22/h3*3-8,11-14,21,24H,9-10,15-20H2,1-2H3. The Morgan fingerprint density at radius 1 is 0.296 bits per heavy atom. The lowest BCUT2D eigenvalue weighted by molar-refractivity contribution is 0.0567. The smallest absolute Gasteiger partial charge is 0.0639 e. The molecule has 6 aromatic rings. The number of para-hydroxylation sites is 3. The van der Waals surface area contributed by atoms with Gasteiger partial charge in [0.05, 0.1) is 37.9 Å². The quantitative estimate of drug-likeness (QED) is 0.0439. The number of hydrogen-bond donors (Lipinski definition) is 0. The summed E-state index contributed by atoms with van der Waals surface area (Å²) in [6, 6.07) is 66.0. The molecule has 3 saturated heterocycles. The molecule has 0 radical (unpaired) electrons. The van der Waals surface area contributed by atoms with Crippen molar-refractivity contribution >= 4 is 17.1 Å². The molecule has 0 saturated carbocycles. The zero-order valence-electron chi connectivity index (χ0n) is 50.7. The largest absolute Gasteiger partial charge is 0.379 e. The van der Waals surface area contributed by atoms with Crippen molar-refractivity contribution in [1.29, 1.82) is 0 Å². The Hall–Kier alpha value is -5.52. The number of ether oxygens (including phenoxy) is 3. The van der Waals surface area contributed by atoms with Gasteiger partial charge in [0, 0.05) is 76.2 Å². The maximum atomic E-state index is 6.09. The predicted molar refractivity (Wildman–Crippen MR) is 343 cm³/mol. The molecule has 3 aliphatic heterocycles. The summed E-state index contributed by atoms with van der Waals surface area (Å²) in [7, 11) is 0. The van der Waals surface area contributed by atoms with Crippen LogP contribution in [0.2, 0.25) is 0 Å². The Bertz CT molecular complexity index is 2190. The van der Waals surface area contributed by atoms with Gasteiger partial charge in [0.15, 0.2) is 0 Å². The van der Waals surface area contributed by atoms with E-state index in [2.05, 4.69) is 253 Å². The lowest BCUT2D eigenvalue weighted by Crippen LogP contribution is -2.45. The summed E-state index contributed by atoms with van der Waals surface area (Å²) in [5, 5.41) is 0. The van der Waals surface area contributed by atoms with Crippen LogP contribution in [0.3, 0.4) is 0 Å². The molecule has 0 aromatic heterocycles. The van der Waals surface area contributed by atoms with Gasteiger partial charge in [0.2, 0.25) is 0 Å². The Labute approximate surface area is 491 Å². The number of nitrogens with zero attached hydrogens (tertiary/aromatic N) is 6. The van der Waals surface area contributed by atoms with Crippen LogP contribution in [-0.4, -0.2) is 131 Å². The third-order valence-corrected chi connectivity index (χ3v) is 15.6. The number of anilines is 3. The van der Waals surface area contributed by atoms with Crippen LogP contribution < -0.4 is 14.7 Å². The van der Waals surface area contributed by atoms with Gasteiger partial charge in [-0.3, -0.25) is 14.7 Å². The molecule has 9 nitrogen and oxygen atoms in total. The first-order valence-electron chi connectivity index (χ1n) is 31.1. The van der Waals surface area contributed by atoms with Gasteiger partial charge in [-0.2, -0.15) is 0 Å². The van der Waals surface area contributed by atoms with E-state index in [0.717, 1.165) is 78.9 Å².